The Morgan fingerprint density at radius 3 is 2.69 bits per heavy atom. The van der Waals surface area contributed by atoms with Gasteiger partial charge in [-0.1, -0.05) is 53.8 Å². The summed E-state index contributed by atoms with van der Waals surface area (Å²) in [6.07, 6.45) is 1.10. The molecule has 3 aromatic carbocycles. The number of aromatic nitrogens is 1. The molecule has 1 amide bonds. The van der Waals surface area contributed by atoms with Crippen LogP contribution in [0.25, 0.3) is 21.0 Å². The van der Waals surface area contributed by atoms with E-state index in [1.165, 1.54) is 11.3 Å². The number of benzene rings is 3. The Balaban J connectivity index is 1.46. The molecule has 0 aliphatic heterocycles. The molecular formula is C21H18N2O2S. The van der Waals surface area contributed by atoms with Gasteiger partial charge in [0, 0.05) is 11.8 Å². The molecule has 4 aromatic rings. The number of rotatable bonds is 5. The SMILES string of the molecule is COc1ccc(CCC(=O)Nc2nc3c(ccc4ccccc43)s2)cc1. The number of ether oxygens (including phenoxy) is 1. The molecule has 5 heteroatoms. The monoisotopic (exact) mass is 362 g/mol. The highest BCUT2D eigenvalue weighted by atomic mass is 32.1. The molecule has 4 nitrogen and oxygen atoms in total. The number of anilines is 1. The summed E-state index contributed by atoms with van der Waals surface area (Å²) < 4.78 is 6.22. The Bertz CT molecular complexity index is 1070. The minimum Gasteiger partial charge on any atom is -0.497 e. The van der Waals surface area contributed by atoms with Crippen LogP contribution in [0, 0.1) is 0 Å². The summed E-state index contributed by atoms with van der Waals surface area (Å²) >= 11 is 1.51. The molecule has 0 spiro atoms. The highest BCUT2D eigenvalue weighted by Gasteiger charge is 2.10. The molecule has 1 aromatic heterocycles. The van der Waals surface area contributed by atoms with E-state index in [4.69, 9.17) is 4.74 Å². The molecule has 26 heavy (non-hydrogen) atoms. The number of nitrogens with one attached hydrogen (secondary N) is 1. The molecule has 0 unspecified atom stereocenters. The van der Waals surface area contributed by atoms with Crippen molar-refractivity contribution in [2.75, 3.05) is 12.4 Å². The summed E-state index contributed by atoms with van der Waals surface area (Å²) in [7, 11) is 1.64. The summed E-state index contributed by atoms with van der Waals surface area (Å²) in [5.74, 6) is 0.795. The predicted molar refractivity (Wildman–Crippen MR) is 107 cm³/mol. The normalized spacial score (nSPS) is 11.0. The van der Waals surface area contributed by atoms with Crippen LogP contribution in [-0.2, 0) is 11.2 Å². The Morgan fingerprint density at radius 1 is 1.08 bits per heavy atom. The van der Waals surface area contributed by atoms with Gasteiger partial charge in [0.1, 0.15) is 5.75 Å². The van der Waals surface area contributed by atoms with Crippen molar-refractivity contribution in [2.24, 2.45) is 0 Å². The van der Waals surface area contributed by atoms with E-state index in [2.05, 4.69) is 34.6 Å². The van der Waals surface area contributed by atoms with Gasteiger partial charge in [0.2, 0.25) is 5.91 Å². The highest BCUT2D eigenvalue weighted by Crippen LogP contribution is 2.31. The fourth-order valence-electron chi connectivity index (χ4n) is 2.95. The second-order valence-corrected chi connectivity index (χ2v) is 7.08. The van der Waals surface area contributed by atoms with Gasteiger partial charge in [0.25, 0.3) is 0 Å². The topological polar surface area (TPSA) is 51.2 Å². The standard InChI is InChI=1S/C21H18N2O2S/c1-25-16-10-6-14(7-11-16)8-13-19(24)22-21-23-20-17-5-3-2-4-15(17)9-12-18(20)26-21/h2-7,9-12H,8,13H2,1H3,(H,22,23,24). The van der Waals surface area contributed by atoms with Crippen molar-refractivity contribution in [1.29, 1.82) is 0 Å². The minimum absolute atomic E-state index is 0.0239. The van der Waals surface area contributed by atoms with Crippen LogP contribution in [-0.4, -0.2) is 18.0 Å². The van der Waals surface area contributed by atoms with Gasteiger partial charge in [0.05, 0.1) is 17.3 Å². The zero-order chi connectivity index (χ0) is 17.9. The van der Waals surface area contributed by atoms with Crippen molar-refractivity contribution in [2.45, 2.75) is 12.8 Å². The number of hydrogen-bond acceptors (Lipinski definition) is 4. The third kappa shape index (κ3) is 3.39. The highest BCUT2D eigenvalue weighted by molar-refractivity contribution is 7.22. The molecule has 0 radical (unpaired) electrons. The van der Waals surface area contributed by atoms with Gasteiger partial charge >= 0.3 is 0 Å². The third-order valence-electron chi connectivity index (χ3n) is 4.33. The van der Waals surface area contributed by atoms with Crippen molar-refractivity contribution in [3.8, 4) is 5.75 Å². The predicted octanol–water partition coefficient (Wildman–Crippen LogP) is 5.03. The summed E-state index contributed by atoms with van der Waals surface area (Å²) in [5.41, 5.74) is 2.05. The van der Waals surface area contributed by atoms with Crippen molar-refractivity contribution < 1.29 is 9.53 Å². The van der Waals surface area contributed by atoms with Gasteiger partial charge in [-0.25, -0.2) is 4.98 Å². The van der Waals surface area contributed by atoms with Crippen molar-refractivity contribution >= 4 is 43.4 Å². The number of methoxy groups -OCH3 is 1. The van der Waals surface area contributed by atoms with Crippen molar-refractivity contribution in [3.05, 3.63) is 66.2 Å². The lowest BCUT2D eigenvalue weighted by Gasteiger charge is -2.04. The van der Waals surface area contributed by atoms with E-state index in [1.54, 1.807) is 7.11 Å². The van der Waals surface area contributed by atoms with E-state index in [0.717, 1.165) is 32.3 Å². The number of fused-ring (bicyclic) bond motifs is 3. The summed E-state index contributed by atoms with van der Waals surface area (Å²) in [6.45, 7) is 0. The molecule has 0 fully saturated rings. The maximum Gasteiger partial charge on any atom is 0.226 e. The Morgan fingerprint density at radius 2 is 1.88 bits per heavy atom. The van der Waals surface area contributed by atoms with Crippen LogP contribution >= 0.6 is 11.3 Å². The zero-order valence-electron chi connectivity index (χ0n) is 14.4. The van der Waals surface area contributed by atoms with Gasteiger partial charge in [-0.2, -0.15) is 0 Å². The molecule has 0 saturated heterocycles. The Kier molecular flexibility index (Phi) is 4.54. The fourth-order valence-corrected chi connectivity index (χ4v) is 3.85. The maximum atomic E-state index is 12.3. The molecule has 0 atom stereocenters. The lowest BCUT2D eigenvalue weighted by atomic mass is 10.1. The summed E-state index contributed by atoms with van der Waals surface area (Å²) in [5, 5.41) is 5.85. The van der Waals surface area contributed by atoms with E-state index in [-0.39, 0.29) is 5.91 Å². The lowest BCUT2D eigenvalue weighted by Crippen LogP contribution is -2.12. The minimum atomic E-state index is -0.0239. The number of carbonyl (C=O) groups is 1. The molecule has 1 heterocycles. The zero-order valence-corrected chi connectivity index (χ0v) is 15.2. The summed E-state index contributed by atoms with van der Waals surface area (Å²) in [6, 6.07) is 20.1. The number of hydrogen-bond donors (Lipinski definition) is 1. The molecule has 1 N–H and O–H groups in total. The first-order chi connectivity index (χ1) is 12.7. The van der Waals surface area contributed by atoms with Crippen molar-refractivity contribution in [1.82, 2.24) is 4.98 Å². The van der Waals surface area contributed by atoms with E-state index in [0.29, 0.717) is 18.0 Å². The van der Waals surface area contributed by atoms with Gasteiger partial charge in [-0.15, -0.1) is 0 Å². The molecule has 0 aliphatic carbocycles. The van der Waals surface area contributed by atoms with E-state index in [9.17, 15) is 4.79 Å². The number of nitrogens with zero attached hydrogens (tertiary/aromatic N) is 1. The number of thiazole rings is 1. The molecule has 130 valence electrons. The first kappa shape index (κ1) is 16.5. The molecule has 4 rings (SSSR count). The van der Waals surface area contributed by atoms with Gasteiger partial charge in [0.15, 0.2) is 5.13 Å². The van der Waals surface area contributed by atoms with Crippen LogP contribution in [0.4, 0.5) is 5.13 Å². The van der Waals surface area contributed by atoms with Crippen LogP contribution in [0.1, 0.15) is 12.0 Å². The fraction of sp³-hybridized carbons (Fsp3) is 0.143. The average molecular weight is 362 g/mol. The van der Waals surface area contributed by atoms with E-state index >= 15 is 0 Å². The maximum absolute atomic E-state index is 12.3. The lowest BCUT2D eigenvalue weighted by molar-refractivity contribution is -0.116. The number of amides is 1. The van der Waals surface area contributed by atoms with Gasteiger partial charge < -0.3 is 10.1 Å². The second-order valence-electron chi connectivity index (χ2n) is 6.05. The van der Waals surface area contributed by atoms with Crippen LogP contribution in [0.5, 0.6) is 5.75 Å². The van der Waals surface area contributed by atoms with Crippen LogP contribution in [0.15, 0.2) is 60.7 Å². The van der Waals surface area contributed by atoms with Gasteiger partial charge in [-0.3, -0.25) is 4.79 Å². The third-order valence-corrected chi connectivity index (χ3v) is 5.27. The Labute approximate surface area is 155 Å². The largest absolute Gasteiger partial charge is 0.497 e. The molecule has 0 saturated carbocycles. The van der Waals surface area contributed by atoms with Crippen LogP contribution in [0.2, 0.25) is 0 Å². The quantitative estimate of drug-likeness (QED) is 0.542. The molecule has 0 bridgehead atoms. The Hall–Kier alpha value is -2.92. The van der Waals surface area contributed by atoms with Crippen molar-refractivity contribution in [3.63, 3.8) is 0 Å². The second kappa shape index (κ2) is 7.14. The molecular weight excluding hydrogens is 344 g/mol. The summed E-state index contributed by atoms with van der Waals surface area (Å²) in [4.78, 5) is 16.9. The molecule has 0 aliphatic rings. The van der Waals surface area contributed by atoms with E-state index in [1.807, 2.05) is 36.4 Å². The van der Waals surface area contributed by atoms with Crippen LogP contribution in [0.3, 0.4) is 0 Å². The smallest absolute Gasteiger partial charge is 0.226 e. The number of carbonyl (C=O) groups excluding carboxylic acids is 1. The van der Waals surface area contributed by atoms with Gasteiger partial charge in [-0.05, 0) is 35.6 Å². The first-order valence-electron chi connectivity index (χ1n) is 8.44. The van der Waals surface area contributed by atoms with Crippen LogP contribution < -0.4 is 10.1 Å². The first-order valence-corrected chi connectivity index (χ1v) is 9.25. The number of aryl methyl sites for hydroxylation is 1. The van der Waals surface area contributed by atoms with E-state index < -0.39 is 0 Å². The average Bonchev–Trinajstić information content (AvgIpc) is 3.09.